The monoisotopic (exact) mass is 314 g/mol. The van der Waals surface area contributed by atoms with Gasteiger partial charge in [0.15, 0.2) is 5.13 Å². The number of benzene rings is 1. The number of anilines is 1. The molecule has 0 amide bonds. The summed E-state index contributed by atoms with van der Waals surface area (Å²) >= 11 is 1.78. The van der Waals surface area contributed by atoms with Gasteiger partial charge in [-0.25, -0.2) is 4.98 Å². The Morgan fingerprint density at radius 2 is 1.86 bits per heavy atom. The van der Waals surface area contributed by atoms with Crippen molar-refractivity contribution >= 4 is 16.5 Å². The molecule has 22 heavy (non-hydrogen) atoms. The van der Waals surface area contributed by atoms with Crippen LogP contribution < -0.4 is 4.90 Å². The van der Waals surface area contributed by atoms with E-state index in [2.05, 4.69) is 62.2 Å². The Balaban J connectivity index is 1.76. The van der Waals surface area contributed by atoms with E-state index in [1.165, 1.54) is 22.7 Å². The topological polar surface area (TPSA) is 16.1 Å². The van der Waals surface area contributed by atoms with E-state index in [-0.39, 0.29) is 0 Å². The molecule has 1 fully saturated rings. The largest absolute Gasteiger partial charge is 0.348 e. The summed E-state index contributed by atoms with van der Waals surface area (Å²) in [6.07, 6.45) is 1.28. The molecule has 2 heterocycles. The van der Waals surface area contributed by atoms with Crippen LogP contribution in [-0.4, -0.2) is 18.1 Å². The summed E-state index contributed by atoms with van der Waals surface area (Å²) in [6.45, 7) is 11.5. The van der Waals surface area contributed by atoms with Crippen LogP contribution in [0.25, 0.3) is 11.3 Å². The van der Waals surface area contributed by atoms with Gasteiger partial charge in [0.2, 0.25) is 0 Å². The molecule has 1 aliphatic rings. The van der Waals surface area contributed by atoms with Crippen molar-refractivity contribution in [3.63, 3.8) is 0 Å². The van der Waals surface area contributed by atoms with E-state index >= 15 is 0 Å². The fourth-order valence-electron chi connectivity index (χ4n) is 3.02. The van der Waals surface area contributed by atoms with E-state index in [0.29, 0.717) is 5.92 Å². The predicted molar refractivity (Wildman–Crippen MR) is 96.8 cm³/mol. The zero-order valence-electron chi connectivity index (χ0n) is 14.0. The number of thiazole rings is 1. The lowest BCUT2D eigenvalue weighted by atomic mass is 9.89. The lowest BCUT2D eigenvalue weighted by Gasteiger charge is -2.35. The molecule has 0 spiro atoms. The third-order valence-corrected chi connectivity index (χ3v) is 5.87. The summed E-state index contributed by atoms with van der Waals surface area (Å²) in [5.74, 6) is 2.17. The molecule has 2 nitrogen and oxygen atoms in total. The molecule has 0 aliphatic carbocycles. The molecule has 0 N–H and O–H groups in total. The SMILES string of the molecule is CC(C)c1ccc(-c2csc(N3CCC(C)C(C)C3)n2)cc1. The van der Waals surface area contributed by atoms with Crippen molar-refractivity contribution in [1.82, 2.24) is 4.98 Å². The first-order chi connectivity index (χ1) is 10.5. The minimum Gasteiger partial charge on any atom is -0.348 e. The zero-order valence-corrected chi connectivity index (χ0v) is 14.9. The van der Waals surface area contributed by atoms with Crippen LogP contribution in [0.2, 0.25) is 0 Å². The van der Waals surface area contributed by atoms with E-state index in [1.807, 2.05) is 0 Å². The van der Waals surface area contributed by atoms with Gasteiger partial charge >= 0.3 is 0 Å². The highest BCUT2D eigenvalue weighted by Crippen LogP contribution is 2.32. The van der Waals surface area contributed by atoms with Crippen LogP contribution in [-0.2, 0) is 0 Å². The molecule has 2 aromatic rings. The molecule has 1 saturated heterocycles. The molecule has 118 valence electrons. The van der Waals surface area contributed by atoms with Crippen molar-refractivity contribution in [2.75, 3.05) is 18.0 Å². The van der Waals surface area contributed by atoms with Gasteiger partial charge in [0.1, 0.15) is 0 Å². The highest BCUT2D eigenvalue weighted by atomic mass is 32.1. The van der Waals surface area contributed by atoms with Crippen LogP contribution in [0.3, 0.4) is 0 Å². The lowest BCUT2D eigenvalue weighted by Crippen LogP contribution is -2.38. The Kier molecular flexibility index (Phi) is 4.53. The molecule has 1 aliphatic heterocycles. The van der Waals surface area contributed by atoms with Crippen molar-refractivity contribution in [1.29, 1.82) is 0 Å². The second-order valence-electron chi connectivity index (χ2n) is 6.98. The first-order valence-corrected chi connectivity index (χ1v) is 9.23. The van der Waals surface area contributed by atoms with E-state index in [1.54, 1.807) is 11.3 Å². The molecule has 2 atom stereocenters. The lowest BCUT2D eigenvalue weighted by molar-refractivity contribution is 0.324. The van der Waals surface area contributed by atoms with Gasteiger partial charge in [-0.15, -0.1) is 11.3 Å². The van der Waals surface area contributed by atoms with Crippen LogP contribution in [0, 0.1) is 11.8 Å². The first kappa shape index (κ1) is 15.5. The Bertz CT molecular complexity index is 615. The maximum atomic E-state index is 4.88. The van der Waals surface area contributed by atoms with Crippen LogP contribution >= 0.6 is 11.3 Å². The van der Waals surface area contributed by atoms with Crippen molar-refractivity contribution in [2.24, 2.45) is 11.8 Å². The number of hydrogen-bond donors (Lipinski definition) is 0. The quantitative estimate of drug-likeness (QED) is 0.752. The third kappa shape index (κ3) is 3.19. The van der Waals surface area contributed by atoms with Gasteiger partial charge in [-0.1, -0.05) is 52.0 Å². The molecule has 1 aromatic carbocycles. The predicted octanol–water partition coefficient (Wildman–Crippen LogP) is 5.42. The van der Waals surface area contributed by atoms with Gasteiger partial charge < -0.3 is 4.90 Å². The van der Waals surface area contributed by atoms with E-state index in [9.17, 15) is 0 Å². The van der Waals surface area contributed by atoms with Crippen LogP contribution in [0.15, 0.2) is 29.6 Å². The van der Waals surface area contributed by atoms with Crippen LogP contribution in [0.4, 0.5) is 5.13 Å². The third-order valence-electron chi connectivity index (χ3n) is 4.97. The van der Waals surface area contributed by atoms with Gasteiger partial charge in [0, 0.05) is 24.0 Å². The molecule has 0 radical (unpaired) electrons. The van der Waals surface area contributed by atoms with E-state index < -0.39 is 0 Å². The summed E-state index contributed by atoms with van der Waals surface area (Å²) < 4.78 is 0. The molecule has 1 aromatic heterocycles. The maximum Gasteiger partial charge on any atom is 0.185 e. The molecule has 0 bridgehead atoms. The normalized spacial score (nSPS) is 22.3. The Morgan fingerprint density at radius 1 is 1.14 bits per heavy atom. The van der Waals surface area contributed by atoms with Crippen molar-refractivity contribution < 1.29 is 0 Å². The van der Waals surface area contributed by atoms with Gasteiger partial charge in [0.05, 0.1) is 5.69 Å². The summed E-state index contributed by atoms with van der Waals surface area (Å²) in [5.41, 5.74) is 3.73. The van der Waals surface area contributed by atoms with Crippen molar-refractivity contribution in [3.8, 4) is 11.3 Å². The minimum atomic E-state index is 0.580. The second-order valence-corrected chi connectivity index (χ2v) is 7.82. The first-order valence-electron chi connectivity index (χ1n) is 8.35. The molecule has 3 heteroatoms. The highest BCUT2D eigenvalue weighted by Gasteiger charge is 2.24. The fraction of sp³-hybridized carbons (Fsp3) is 0.526. The summed E-state index contributed by atoms with van der Waals surface area (Å²) in [4.78, 5) is 7.34. The van der Waals surface area contributed by atoms with Crippen LogP contribution in [0.5, 0.6) is 0 Å². The van der Waals surface area contributed by atoms with E-state index in [4.69, 9.17) is 4.98 Å². The second kappa shape index (κ2) is 6.41. The Morgan fingerprint density at radius 3 is 2.50 bits per heavy atom. The average molecular weight is 314 g/mol. The van der Waals surface area contributed by atoms with Gasteiger partial charge in [-0.2, -0.15) is 0 Å². The zero-order chi connectivity index (χ0) is 15.7. The maximum absolute atomic E-state index is 4.88. The van der Waals surface area contributed by atoms with Gasteiger partial charge in [0.25, 0.3) is 0 Å². The average Bonchev–Trinajstić information content (AvgIpc) is 3.00. The number of piperidine rings is 1. The molecular formula is C19H26N2S. The summed E-state index contributed by atoms with van der Waals surface area (Å²) in [6, 6.07) is 8.86. The smallest absolute Gasteiger partial charge is 0.185 e. The van der Waals surface area contributed by atoms with Crippen molar-refractivity contribution in [2.45, 2.75) is 40.0 Å². The molecule has 3 rings (SSSR count). The number of aromatic nitrogens is 1. The highest BCUT2D eigenvalue weighted by molar-refractivity contribution is 7.14. The fourth-order valence-corrected chi connectivity index (χ4v) is 3.89. The minimum absolute atomic E-state index is 0.580. The standard InChI is InChI=1S/C19H26N2S/c1-13(2)16-5-7-17(8-6-16)18-12-22-19(20-18)21-10-9-14(3)15(4)11-21/h5-8,12-15H,9-11H2,1-4H3. The number of hydrogen-bond acceptors (Lipinski definition) is 3. The Hall–Kier alpha value is -1.35. The van der Waals surface area contributed by atoms with Gasteiger partial charge in [-0.05, 0) is 29.7 Å². The van der Waals surface area contributed by atoms with Gasteiger partial charge in [-0.3, -0.25) is 0 Å². The number of nitrogens with zero attached hydrogens (tertiary/aromatic N) is 2. The molecule has 2 unspecified atom stereocenters. The molecule has 0 saturated carbocycles. The number of rotatable bonds is 3. The van der Waals surface area contributed by atoms with Crippen LogP contribution in [0.1, 0.15) is 45.6 Å². The van der Waals surface area contributed by atoms with Crippen molar-refractivity contribution in [3.05, 3.63) is 35.2 Å². The summed E-state index contributed by atoms with van der Waals surface area (Å²) in [7, 11) is 0. The molecular weight excluding hydrogens is 288 g/mol. The van der Waals surface area contributed by atoms with E-state index in [0.717, 1.165) is 30.6 Å². The summed E-state index contributed by atoms with van der Waals surface area (Å²) in [5, 5.41) is 3.38. The Labute approximate surface area is 138 Å².